The summed E-state index contributed by atoms with van der Waals surface area (Å²) in [5, 5.41) is 0. The highest BCUT2D eigenvalue weighted by atomic mass is 32.2. The third kappa shape index (κ3) is 7.42. The molecule has 1 fully saturated rings. The molecule has 27 heavy (non-hydrogen) atoms. The maximum Gasteiger partial charge on any atom is 0.166 e. The quantitative estimate of drug-likeness (QED) is 0.328. The van der Waals surface area contributed by atoms with Crippen molar-refractivity contribution in [3.63, 3.8) is 0 Å². The molecule has 0 heterocycles. The molecule has 2 rings (SSSR count). The van der Waals surface area contributed by atoms with E-state index in [9.17, 15) is 0 Å². The third-order valence-corrected chi connectivity index (χ3v) is 6.90. The van der Waals surface area contributed by atoms with Crippen molar-refractivity contribution in [2.45, 2.75) is 70.6 Å². The van der Waals surface area contributed by atoms with E-state index in [1.165, 1.54) is 47.5 Å². The van der Waals surface area contributed by atoms with Crippen LogP contribution in [-0.4, -0.2) is 0 Å². The number of hydrogen-bond donors (Lipinski definition) is 0. The van der Waals surface area contributed by atoms with Crippen LogP contribution in [0.4, 0.5) is 0 Å². The summed E-state index contributed by atoms with van der Waals surface area (Å²) < 4.78 is 0. The van der Waals surface area contributed by atoms with Crippen LogP contribution in [-0.2, 0) is 10.9 Å². The fourth-order valence-electron chi connectivity index (χ4n) is 3.40. The Labute approximate surface area is 170 Å². The van der Waals surface area contributed by atoms with Gasteiger partial charge in [-0.25, -0.2) is 0 Å². The molecule has 1 saturated carbocycles. The molecule has 1 atom stereocenters. The van der Waals surface area contributed by atoms with Crippen molar-refractivity contribution < 1.29 is 0 Å². The molecule has 146 valence electrons. The van der Waals surface area contributed by atoms with Gasteiger partial charge in [-0.05, 0) is 62.1 Å². The Balaban J connectivity index is 0.00000176. The predicted octanol–water partition coefficient (Wildman–Crippen LogP) is 8.47. The first-order chi connectivity index (χ1) is 13.2. The molecule has 0 aliphatic heterocycles. The van der Waals surface area contributed by atoms with Crippen LogP contribution < -0.4 is 0 Å². The minimum atomic E-state index is -0.113. The van der Waals surface area contributed by atoms with Gasteiger partial charge in [0.05, 0.1) is 10.9 Å². The molecule has 0 radical (unpaired) electrons. The van der Waals surface area contributed by atoms with Crippen molar-refractivity contribution in [3.8, 4) is 0 Å². The number of hydrogen-bond acceptors (Lipinski definition) is 0. The van der Waals surface area contributed by atoms with Gasteiger partial charge in [-0.2, -0.15) is 0 Å². The SMILES string of the molecule is C=C/C=C\C(=C)[S+](/C(C)=C/C=C\C)c1ccc(C2CCCCC2)cc1.CC. The first kappa shape index (κ1) is 23.3. The largest absolute Gasteiger partial charge is 0.166 e. The third-order valence-electron chi connectivity index (χ3n) is 4.72. The number of rotatable bonds is 7. The molecule has 0 aromatic heterocycles. The average Bonchev–Trinajstić information content (AvgIpc) is 2.73. The molecule has 0 bridgehead atoms. The lowest BCUT2D eigenvalue weighted by atomic mass is 9.84. The second kappa shape index (κ2) is 13.4. The lowest BCUT2D eigenvalue weighted by Gasteiger charge is -2.22. The molecule has 1 aliphatic carbocycles. The minimum Gasteiger partial charge on any atom is -0.0991 e. The van der Waals surface area contributed by atoms with E-state index in [2.05, 4.69) is 68.7 Å². The summed E-state index contributed by atoms with van der Waals surface area (Å²) in [4.78, 5) is 3.81. The van der Waals surface area contributed by atoms with Crippen molar-refractivity contribution in [2.24, 2.45) is 0 Å². The van der Waals surface area contributed by atoms with E-state index < -0.39 is 0 Å². The second-order valence-corrected chi connectivity index (χ2v) is 8.83. The Bertz CT molecular complexity index is 652. The summed E-state index contributed by atoms with van der Waals surface area (Å²) in [6.07, 6.45) is 19.1. The minimum absolute atomic E-state index is 0.113. The van der Waals surface area contributed by atoms with Gasteiger partial charge in [0.2, 0.25) is 0 Å². The van der Waals surface area contributed by atoms with Crippen LogP contribution in [0.3, 0.4) is 0 Å². The summed E-state index contributed by atoms with van der Waals surface area (Å²) in [7, 11) is -0.113. The molecule has 1 unspecified atom stereocenters. The van der Waals surface area contributed by atoms with Crippen molar-refractivity contribution in [3.05, 3.63) is 89.3 Å². The van der Waals surface area contributed by atoms with Crippen molar-refractivity contribution in [1.82, 2.24) is 0 Å². The van der Waals surface area contributed by atoms with Crippen LogP contribution in [0.1, 0.15) is 71.3 Å². The van der Waals surface area contributed by atoms with Crippen LogP contribution in [0.2, 0.25) is 0 Å². The molecule has 1 aliphatic rings. The Morgan fingerprint density at radius 2 is 1.67 bits per heavy atom. The van der Waals surface area contributed by atoms with Gasteiger partial charge >= 0.3 is 0 Å². The molecule has 1 heteroatoms. The lowest BCUT2D eigenvalue weighted by Crippen LogP contribution is -2.07. The van der Waals surface area contributed by atoms with Gasteiger partial charge in [-0.15, -0.1) is 0 Å². The lowest BCUT2D eigenvalue weighted by molar-refractivity contribution is 0.443. The summed E-state index contributed by atoms with van der Waals surface area (Å²) in [6.45, 7) is 16.3. The fraction of sp³-hybridized carbons (Fsp3) is 0.385. The smallest absolute Gasteiger partial charge is 0.0991 e. The average molecular weight is 382 g/mol. The predicted molar refractivity (Wildman–Crippen MR) is 126 cm³/mol. The van der Waals surface area contributed by atoms with Crippen LogP contribution in [0.25, 0.3) is 0 Å². The normalized spacial score (nSPS) is 16.8. The Kier molecular flexibility index (Phi) is 11.6. The van der Waals surface area contributed by atoms with E-state index >= 15 is 0 Å². The van der Waals surface area contributed by atoms with E-state index in [0.717, 1.165) is 10.8 Å². The van der Waals surface area contributed by atoms with Gasteiger partial charge in [-0.1, -0.05) is 76.1 Å². The van der Waals surface area contributed by atoms with Gasteiger partial charge in [0, 0.05) is 6.92 Å². The zero-order valence-electron chi connectivity index (χ0n) is 17.7. The molecule has 0 saturated heterocycles. The van der Waals surface area contributed by atoms with Crippen molar-refractivity contribution in [2.75, 3.05) is 0 Å². The maximum absolute atomic E-state index is 4.32. The Hall–Kier alpha value is -1.73. The number of benzene rings is 1. The highest BCUT2D eigenvalue weighted by Gasteiger charge is 2.28. The second-order valence-electron chi connectivity index (χ2n) is 6.57. The molecule has 1 aromatic carbocycles. The molecule has 0 amide bonds. The Morgan fingerprint density at radius 1 is 1.04 bits per heavy atom. The van der Waals surface area contributed by atoms with E-state index in [0.29, 0.717) is 0 Å². The fourth-order valence-corrected chi connectivity index (χ4v) is 5.32. The molecule has 0 spiro atoms. The van der Waals surface area contributed by atoms with Crippen molar-refractivity contribution >= 4 is 10.9 Å². The summed E-state index contributed by atoms with van der Waals surface area (Å²) in [5.41, 5.74) is 1.51. The highest BCUT2D eigenvalue weighted by molar-refractivity contribution is 8.04. The standard InChI is InChI=1S/C24H31S.C2H6/c1-5-7-12-20(3)25(21(4)13-8-6-2)24-18-16-23(17-19-24)22-14-10-9-11-15-22;1-2/h5-8,12-13,16-19,22H,1,3,9-11,14-15H2,2,4H3;1-2H3/q+1;/b8-6-,12-7-,21-13+;. The Morgan fingerprint density at radius 3 is 2.22 bits per heavy atom. The van der Waals surface area contributed by atoms with Crippen molar-refractivity contribution in [1.29, 1.82) is 0 Å². The number of allylic oxidation sites excluding steroid dienone is 7. The molecule has 1 aromatic rings. The first-order valence-corrected chi connectivity index (χ1v) is 11.5. The van der Waals surface area contributed by atoms with Gasteiger partial charge in [-0.3, -0.25) is 0 Å². The zero-order valence-corrected chi connectivity index (χ0v) is 18.5. The van der Waals surface area contributed by atoms with Crippen LogP contribution >= 0.6 is 0 Å². The monoisotopic (exact) mass is 381 g/mol. The topological polar surface area (TPSA) is 0 Å². The highest BCUT2D eigenvalue weighted by Crippen LogP contribution is 2.35. The maximum atomic E-state index is 4.32. The zero-order chi connectivity index (χ0) is 20.1. The van der Waals surface area contributed by atoms with E-state index in [1.807, 2.05) is 32.9 Å². The van der Waals surface area contributed by atoms with Crippen LogP contribution in [0.5, 0.6) is 0 Å². The van der Waals surface area contributed by atoms with E-state index in [-0.39, 0.29) is 10.9 Å². The molecule has 0 nitrogen and oxygen atoms in total. The van der Waals surface area contributed by atoms with Gasteiger partial charge in [0.1, 0.15) is 4.91 Å². The molecular formula is C26H37S+. The van der Waals surface area contributed by atoms with Crippen LogP contribution in [0, 0.1) is 0 Å². The molecule has 0 N–H and O–H groups in total. The summed E-state index contributed by atoms with van der Waals surface area (Å²) in [6, 6.07) is 9.32. The summed E-state index contributed by atoms with van der Waals surface area (Å²) in [5.74, 6) is 0.758. The van der Waals surface area contributed by atoms with Gasteiger partial charge < -0.3 is 0 Å². The molecular weight excluding hydrogens is 344 g/mol. The van der Waals surface area contributed by atoms with Gasteiger partial charge in [0.15, 0.2) is 9.80 Å². The van der Waals surface area contributed by atoms with E-state index in [1.54, 1.807) is 0 Å². The van der Waals surface area contributed by atoms with Gasteiger partial charge in [0.25, 0.3) is 0 Å². The van der Waals surface area contributed by atoms with E-state index in [4.69, 9.17) is 0 Å². The first-order valence-electron chi connectivity index (χ1n) is 10.3. The van der Waals surface area contributed by atoms with Crippen LogP contribution in [0.15, 0.2) is 88.6 Å². The summed E-state index contributed by atoms with van der Waals surface area (Å²) >= 11 is 0.